The van der Waals surface area contributed by atoms with E-state index < -0.39 is 40.8 Å². The van der Waals surface area contributed by atoms with Crippen LogP contribution in [0.3, 0.4) is 0 Å². The molecule has 0 saturated heterocycles. The number of ketones is 1. The zero-order valence-corrected chi connectivity index (χ0v) is 11.5. The first-order valence-electron chi connectivity index (χ1n) is 6.30. The molecule has 0 aliphatic carbocycles. The molecule has 0 radical (unpaired) electrons. The van der Waals surface area contributed by atoms with Gasteiger partial charge in [0, 0.05) is 0 Å². The summed E-state index contributed by atoms with van der Waals surface area (Å²) in [5.41, 5.74) is -2.29. The number of esters is 1. The molecule has 0 bridgehead atoms. The minimum Gasteiger partial charge on any atom is -0.465 e. The van der Waals surface area contributed by atoms with Crippen LogP contribution in [0.4, 0.5) is 17.6 Å². The molecule has 7 heteroatoms. The first kappa shape index (κ1) is 17.1. The number of hydrogen-bond acceptors (Lipinski definition) is 3. The Hall–Kier alpha value is -1.92. The van der Waals surface area contributed by atoms with E-state index in [1.54, 1.807) is 0 Å². The fourth-order valence-electron chi connectivity index (χ4n) is 1.83. The molecule has 0 saturated carbocycles. The van der Waals surface area contributed by atoms with Gasteiger partial charge in [-0.05, 0) is 25.5 Å². The van der Waals surface area contributed by atoms with Gasteiger partial charge in [0.05, 0.1) is 17.7 Å². The Labute approximate surface area is 118 Å². The number of carbonyl (C=O) groups excluding carboxylic acids is 2. The first-order valence-corrected chi connectivity index (χ1v) is 6.30. The topological polar surface area (TPSA) is 43.4 Å². The fourth-order valence-corrected chi connectivity index (χ4v) is 1.83. The second kappa shape index (κ2) is 6.69. The number of halogens is 4. The van der Waals surface area contributed by atoms with Gasteiger partial charge in [-0.15, -0.1) is 0 Å². The van der Waals surface area contributed by atoms with Crippen molar-refractivity contribution < 1.29 is 31.9 Å². The van der Waals surface area contributed by atoms with E-state index in [1.165, 1.54) is 13.8 Å². The summed E-state index contributed by atoms with van der Waals surface area (Å²) in [6.45, 7) is 3.04. The highest BCUT2D eigenvalue weighted by Gasteiger charge is 2.37. The maximum absolute atomic E-state index is 13.9. The summed E-state index contributed by atoms with van der Waals surface area (Å²) in [5.74, 6) is -4.87. The highest BCUT2D eigenvalue weighted by atomic mass is 19.4. The van der Waals surface area contributed by atoms with Crippen LogP contribution >= 0.6 is 0 Å². The molecule has 0 aliphatic rings. The lowest BCUT2D eigenvalue weighted by Crippen LogP contribution is -2.27. The van der Waals surface area contributed by atoms with Crippen LogP contribution in [0.15, 0.2) is 18.2 Å². The van der Waals surface area contributed by atoms with Crippen LogP contribution in [-0.4, -0.2) is 18.4 Å². The van der Waals surface area contributed by atoms with Crippen molar-refractivity contribution in [2.75, 3.05) is 6.61 Å². The van der Waals surface area contributed by atoms with Gasteiger partial charge in [-0.25, -0.2) is 4.39 Å². The molecule has 0 aliphatic heterocycles. The zero-order chi connectivity index (χ0) is 16.2. The third-order valence-corrected chi connectivity index (χ3v) is 2.87. The Morgan fingerprint density at radius 3 is 2.33 bits per heavy atom. The monoisotopic (exact) mass is 306 g/mol. The largest absolute Gasteiger partial charge is 0.465 e. The molecule has 3 nitrogen and oxygen atoms in total. The van der Waals surface area contributed by atoms with Gasteiger partial charge in [0.2, 0.25) is 0 Å². The van der Waals surface area contributed by atoms with E-state index in [4.69, 9.17) is 0 Å². The Balaban J connectivity index is 3.21. The summed E-state index contributed by atoms with van der Waals surface area (Å²) in [6, 6.07) is 2.39. The molecule has 0 spiro atoms. The van der Waals surface area contributed by atoms with Crippen LogP contribution in [0.25, 0.3) is 0 Å². The molecule has 1 atom stereocenters. The van der Waals surface area contributed by atoms with Crippen molar-refractivity contribution in [3.8, 4) is 0 Å². The molecule has 1 aromatic rings. The molecule has 1 aromatic carbocycles. The van der Waals surface area contributed by atoms with E-state index in [2.05, 4.69) is 4.74 Å². The van der Waals surface area contributed by atoms with Crippen molar-refractivity contribution in [1.82, 2.24) is 0 Å². The number of carbonyl (C=O) groups is 2. The maximum Gasteiger partial charge on any atom is 0.419 e. The third-order valence-electron chi connectivity index (χ3n) is 2.87. The summed E-state index contributed by atoms with van der Waals surface area (Å²) in [7, 11) is 0. The van der Waals surface area contributed by atoms with Crippen LogP contribution in [0.1, 0.15) is 36.2 Å². The van der Waals surface area contributed by atoms with Crippen LogP contribution in [-0.2, 0) is 15.7 Å². The summed E-state index contributed by atoms with van der Waals surface area (Å²) in [5, 5.41) is 0. The lowest BCUT2D eigenvalue weighted by Gasteiger charge is -2.15. The summed E-state index contributed by atoms with van der Waals surface area (Å²) >= 11 is 0. The van der Waals surface area contributed by atoms with E-state index in [0.29, 0.717) is 6.07 Å². The molecular weight excluding hydrogens is 292 g/mol. The van der Waals surface area contributed by atoms with Crippen LogP contribution < -0.4 is 0 Å². The average molecular weight is 306 g/mol. The van der Waals surface area contributed by atoms with Crippen molar-refractivity contribution in [3.63, 3.8) is 0 Å². The van der Waals surface area contributed by atoms with Gasteiger partial charge in [-0.1, -0.05) is 13.0 Å². The van der Waals surface area contributed by atoms with Crippen molar-refractivity contribution in [2.45, 2.75) is 26.4 Å². The molecule has 0 heterocycles. The Morgan fingerprint density at radius 2 is 1.86 bits per heavy atom. The molecule has 116 valence electrons. The predicted octanol–water partition coefficient (Wildman–Crippen LogP) is 3.62. The number of alkyl halides is 3. The van der Waals surface area contributed by atoms with E-state index in [1.807, 2.05) is 0 Å². The van der Waals surface area contributed by atoms with Crippen LogP contribution in [0.5, 0.6) is 0 Å². The average Bonchev–Trinajstić information content (AvgIpc) is 2.38. The fraction of sp³-hybridized carbons (Fsp3) is 0.429. The Bertz CT molecular complexity index is 538. The van der Waals surface area contributed by atoms with E-state index >= 15 is 0 Å². The number of benzene rings is 1. The SMILES string of the molecule is CCOC(=O)C(CC)C(=O)c1cccc(C(F)(F)F)c1F. The van der Waals surface area contributed by atoms with Gasteiger partial charge in [-0.2, -0.15) is 13.2 Å². The van der Waals surface area contributed by atoms with Crippen molar-refractivity contribution >= 4 is 11.8 Å². The number of rotatable bonds is 5. The molecular formula is C14H14F4O3. The quantitative estimate of drug-likeness (QED) is 0.361. The second-order valence-electron chi connectivity index (χ2n) is 4.24. The molecule has 1 rings (SSSR count). The highest BCUT2D eigenvalue weighted by Crippen LogP contribution is 2.33. The standard InChI is InChI=1S/C14H14F4O3/c1-3-8(13(20)21-4-2)12(19)9-6-5-7-10(11(9)15)14(16,17)18/h5-8H,3-4H2,1-2H3. The third kappa shape index (κ3) is 3.80. The van der Waals surface area contributed by atoms with Crippen molar-refractivity contribution in [1.29, 1.82) is 0 Å². The summed E-state index contributed by atoms with van der Waals surface area (Å²) in [4.78, 5) is 23.7. The molecule has 0 aromatic heterocycles. The number of hydrogen-bond donors (Lipinski definition) is 0. The highest BCUT2D eigenvalue weighted by molar-refractivity contribution is 6.08. The van der Waals surface area contributed by atoms with Crippen molar-refractivity contribution in [2.24, 2.45) is 5.92 Å². The first-order chi connectivity index (χ1) is 9.73. The minimum absolute atomic E-state index is 0.00729. The van der Waals surface area contributed by atoms with Crippen LogP contribution in [0.2, 0.25) is 0 Å². The minimum atomic E-state index is -4.91. The lowest BCUT2D eigenvalue weighted by atomic mass is 9.93. The molecule has 0 fully saturated rings. The number of ether oxygens (including phenoxy) is 1. The molecule has 1 unspecified atom stereocenters. The van der Waals surface area contributed by atoms with Crippen LogP contribution in [0, 0.1) is 11.7 Å². The van der Waals surface area contributed by atoms with Gasteiger partial charge in [0.1, 0.15) is 11.7 Å². The molecule has 0 N–H and O–H groups in total. The zero-order valence-electron chi connectivity index (χ0n) is 11.5. The van der Waals surface area contributed by atoms with Gasteiger partial charge in [0.15, 0.2) is 5.78 Å². The summed E-state index contributed by atoms with van der Waals surface area (Å²) in [6.07, 6.45) is -4.90. The van der Waals surface area contributed by atoms with Gasteiger partial charge < -0.3 is 4.74 Å². The van der Waals surface area contributed by atoms with Gasteiger partial charge in [0.25, 0.3) is 0 Å². The summed E-state index contributed by atoms with van der Waals surface area (Å²) < 4.78 is 56.4. The maximum atomic E-state index is 13.9. The van der Waals surface area contributed by atoms with Gasteiger partial charge in [-0.3, -0.25) is 9.59 Å². The molecule has 0 amide bonds. The van der Waals surface area contributed by atoms with Crippen molar-refractivity contribution in [3.05, 3.63) is 35.1 Å². The van der Waals surface area contributed by atoms with E-state index in [-0.39, 0.29) is 13.0 Å². The molecule has 21 heavy (non-hydrogen) atoms. The smallest absolute Gasteiger partial charge is 0.419 e. The van der Waals surface area contributed by atoms with E-state index in [0.717, 1.165) is 12.1 Å². The Morgan fingerprint density at radius 1 is 1.24 bits per heavy atom. The van der Waals surface area contributed by atoms with E-state index in [9.17, 15) is 27.2 Å². The normalized spacial score (nSPS) is 12.9. The predicted molar refractivity (Wildman–Crippen MR) is 66.1 cm³/mol. The lowest BCUT2D eigenvalue weighted by molar-refractivity contribution is -0.146. The number of Topliss-reactive ketones (excluding diaryl/α,β-unsaturated/α-hetero) is 1. The Kier molecular flexibility index (Phi) is 5.46. The second-order valence-corrected chi connectivity index (χ2v) is 4.24. The van der Waals surface area contributed by atoms with Gasteiger partial charge >= 0.3 is 12.1 Å².